The van der Waals surface area contributed by atoms with Crippen LogP contribution >= 0.6 is 11.8 Å². The van der Waals surface area contributed by atoms with E-state index in [0.29, 0.717) is 16.0 Å². The molecule has 3 aromatic rings. The predicted octanol–water partition coefficient (Wildman–Crippen LogP) is 4.82. The summed E-state index contributed by atoms with van der Waals surface area (Å²) in [6.45, 7) is 0. The lowest BCUT2D eigenvalue weighted by Crippen LogP contribution is -2.27. The SMILES string of the molecule is O=C(c1ccccc1)C(Sc1ccc([N+](=O)[O-])cc1)C(=O)c1ccccc1. The Hall–Kier alpha value is -3.25. The maximum atomic E-state index is 13.0. The third kappa shape index (κ3) is 4.48. The zero-order valence-electron chi connectivity index (χ0n) is 14.1. The summed E-state index contributed by atoms with van der Waals surface area (Å²) in [7, 11) is 0. The fourth-order valence-electron chi connectivity index (χ4n) is 2.52. The maximum Gasteiger partial charge on any atom is 0.269 e. The van der Waals surface area contributed by atoms with Crippen molar-refractivity contribution in [3.05, 3.63) is 106 Å². The molecule has 0 unspecified atom stereocenters. The second-order valence-corrected chi connectivity index (χ2v) is 6.89. The number of nitro groups is 1. The molecule has 0 aliphatic carbocycles. The molecule has 3 aromatic carbocycles. The van der Waals surface area contributed by atoms with Gasteiger partial charge in [-0.05, 0) is 12.1 Å². The lowest BCUT2D eigenvalue weighted by Gasteiger charge is -2.15. The Kier molecular flexibility index (Phi) is 5.78. The zero-order chi connectivity index (χ0) is 19.2. The topological polar surface area (TPSA) is 77.3 Å². The maximum absolute atomic E-state index is 13.0. The summed E-state index contributed by atoms with van der Waals surface area (Å²) >= 11 is 1.09. The van der Waals surface area contributed by atoms with Crippen molar-refractivity contribution in [2.75, 3.05) is 0 Å². The Morgan fingerprint density at radius 3 is 1.59 bits per heavy atom. The summed E-state index contributed by atoms with van der Waals surface area (Å²) in [4.78, 5) is 36.9. The Morgan fingerprint density at radius 1 is 0.741 bits per heavy atom. The van der Waals surface area contributed by atoms with E-state index in [1.807, 2.05) is 0 Å². The predicted molar refractivity (Wildman–Crippen MR) is 104 cm³/mol. The van der Waals surface area contributed by atoms with Crippen molar-refractivity contribution in [3.63, 3.8) is 0 Å². The normalized spacial score (nSPS) is 10.6. The van der Waals surface area contributed by atoms with E-state index >= 15 is 0 Å². The van der Waals surface area contributed by atoms with Crippen LogP contribution in [0.3, 0.4) is 0 Å². The number of carbonyl (C=O) groups is 2. The molecular formula is C21H15NO4S. The van der Waals surface area contributed by atoms with Gasteiger partial charge in [0.25, 0.3) is 5.69 Å². The molecule has 0 saturated carbocycles. The Labute approximate surface area is 160 Å². The number of hydrogen-bond donors (Lipinski definition) is 0. The first kappa shape index (κ1) is 18.5. The number of benzene rings is 3. The van der Waals surface area contributed by atoms with Crippen LogP contribution in [0.2, 0.25) is 0 Å². The number of non-ortho nitro benzene ring substituents is 1. The van der Waals surface area contributed by atoms with Gasteiger partial charge in [0, 0.05) is 28.2 Å². The van der Waals surface area contributed by atoms with Crippen LogP contribution < -0.4 is 0 Å². The largest absolute Gasteiger partial charge is 0.292 e. The highest BCUT2D eigenvalue weighted by Gasteiger charge is 2.29. The number of hydrogen-bond acceptors (Lipinski definition) is 5. The van der Waals surface area contributed by atoms with E-state index in [0.717, 1.165) is 11.8 Å². The van der Waals surface area contributed by atoms with Gasteiger partial charge in [-0.15, -0.1) is 11.8 Å². The second-order valence-electron chi connectivity index (χ2n) is 5.71. The summed E-state index contributed by atoms with van der Waals surface area (Å²) in [5, 5.41) is 9.84. The van der Waals surface area contributed by atoms with Crippen LogP contribution in [-0.4, -0.2) is 21.7 Å². The molecule has 0 atom stereocenters. The molecule has 0 amide bonds. The van der Waals surface area contributed by atoms with E-state index in [1.54, 1.807) is 72.8 Å². The minimum Gasteiger partial charge on any atom is -0.292 e. The standard InChI is InChI=1S/C21H15NO4S/c23-19(15-7-3-1-4-8-15)21(20(24)16-9-5-2-6-10-16)27-18-13-11-17(12-14-18)22(25)26/h1-14,21H. The highest BCUT2D eigenvalue weighted by atomic mass is 32.2. The quantitative estimate of drug-likeness (QED) is 0.194. The number of rotatable bonds is 7. The van der Waals surface area contributed by atoms with Gasteiger partial charge in [0.15, 0.2) is 11.6 Å². The fraction of sp³-hybridized carbons (Fsp3) is 0.0476. The molecule has 0 heterocycles. The number of Topliss-reactive ketones (excluding diaryl/α,β-unsaturated/α-hetero) is 2. The van der Waals surface area contributed by atoms with Gasteiger partial charge in [-0.25, -0.2) is 0 Å². The zero-order valence-corrected chi connectivity index (χ0v) is 15.0. The average Bonchev–Trinajstić information content (AvgIpc) is 2.72. The minimum absolute atomic E-state index is 0.0420. The van der Waals surface area contributed by atoms with E-state index < -0.39 is 10.2 Å². The molecular weight excluding hydrogens is 362 g/mol. The first-order valence-electron chi connectivity index (χ1n) is 8.16. The van der Waals surface area contributed by atoms with Crippen LogP contribution in [0.15, 0.2) is 89.8 Å². The van der Waals surface area contributed by atoms with Crippen molar-refractivity contribution in [2.24, 2.45) is 0 Å². The Morgan fingerprint density at radius 2 is 1.19 bits per heavy atom. The molecule has 0 aromatic heterocycles. The lowest BCUT2D eigenvalue weighted by atomic mass is 10.0. The van der Waals surface area contributed by atoms with Gasteiger partial charge in [-0.2, -0.15) is 0 Å². The van der Waals surface area contributed by atoms with Crippen molar-refractivity contribution >= 4 is 29.0 Å². The van der Waals surface area contributed by atoms with E-state index in [4.69, 9.17) is 0 Å². The Balaban J connectivity index is 1.93. The van der Waals surface area contributed by atoms with Crippen LogP contribution in [0, 0.1) is 10.1 Å². The van der Waals surface area contributed by atoms with E-state index in [9.17, 15) is 19.7 Å². The fourth-order valence-corrected chi connectivity index (χ4v) is 3.57. The third-order valence-corrected chi connectivity index (χ3v) is 5.10. The highest BCUT2D eigenvalue weighted by molar-refractivity contribution is 8.01. The van der Waals surface area contributed by atoms with Gasteiger partial charge in [0.2, 0.25) is 0 Å². The van der Waals surface area contributed by atoms with E-state index in [2.05, 4.69) is 0 Å². The van der Waals surface area contributed by atoms with Gasteiger partial charge in [-0.1, -0.05) is 60.7 Å². The molecule has 5 nitrogen and oxygen atoms in total. The van der Waals surface area contributed by atoms with Crippen LogP contribution in [0.1, 0.15) is 20.7 Å². The molecule has 3 rings (SSSR count). The second kappa shape index (κ2) is 8.42. The van der Waals surface area contributed by atoms with Gasteiger partial charge in [0.05, 0.1) is 4.92 Å². The molecule has 0 bridgehead atoms. The van der Waals surface area contributed by atoms with Crippen LogP contribution in [0.5, 0.6) is 0 Å². The third-order valence-electron chi connectivity index (χ3n) is 3.89. The summed E-state index contributed by atoms with van der Waals surface area (Å²) in [6.07, 6.45) is 0. The van der Waals surface area contributed by atoms with Crippen LogP contribution in [0.4, 0.5) is 5.69 Å². The monoisotopic (exact) mass is 377 g/mol. The van der Waals surface area contributed by atoms with Crippen molar-refractivity contribution in [1.29, 1.82) is 0 Å². The summed E-state index contributed by atoms with van der Waals surface area (Å²) < 4.78 is 0. The van der Waals surface area contributed by atoms with Crippen LogP contribution in [-0.2, 0) is 0 Å². The van der Waals surface area contributed by atoms with Gasteiger partial charge in [0.1, 0.15) is 5.25 Å². The minimum atomic E-state index is -0.976. The molecule has 0 N–H and O–H groups in total. The summed E-state index contributed by atoms with van der Waals surface area (Å²) in [5.74, 6) is -0.597. The molecule has 0 fully saturated rings. The van der Waals surface area contributed by atoms with Gasteiger partial charge < -0.3 is 0 Å². The van der Waals surface area contributed by atoms with E-state index in [1.165, 1.54) is 12.1 Å². The first-order chi connectivity index (χ1) is 13.1. The molecule has 134 valence electrons. The molecule has 0 spiro atoms. The Bertz CT molecular complexity index is 905. The van der Waals surface area contributed by atoms with Crippen molar-refractivity contribution in [3.8, 4) is 0 Å². The van der Waals surface area contributed by atoms with Crippen molar-refractivity contribution in [1.82, 2.24) is 0 Å². The lowest BCUT2D eigenvalue weighted by molar-refractivity contribution is -0.384. The number of nitrogens with zero attached hydrogens (tertiary/aromatic N) is 1. The van der Waals surface area contributed by atoms with Gasteiger partial charge >= 0.3 is 0 Å². The molecule has 0 aliphatic heterocycles. The van der Waals surface area contributed by atoms with Gasteiger partial charge in [-0.3, -0.25) is 19.7 Å². The van der Waals surface area contributed by atoms with E-state index in [-0.39, 0.29) is 17.3 Å². The van der Waals surface area contributed by atoms with Crippen molar-refractivity contribution < 1.29 is 14.5 Å². The van der Waals surface area contributed by atoms with Crippen molar-refractivity contribution in [2.45, 2.75) is 10.1 Å². The summed E-state index contributed by atoms with van der Waals surface area (Å²) in [5.41, 5.74) is 0.849. The molecule has 0 aliphatic rings. The molecule has 6 heteroatoms. The summed E-state index contributed by atoms with van der Waals surface area (Å²) in [6, 6.07) is 23.1. The number of ketones is 2. The number of nitro benzene ring substituents is 1. The number of thioether (sulfide) groups is 1. The molecule has 0 radical (unpaired) electrons. The first-order valence-corrected chi connectivity index (χ1v) is 9.04. The smallest absolute Gasteiger partial charge is 0.269 e. The number of carbonyl (C=O) groups excluding carboxylic acids is 2. The average molecular weight is 377 g/mol. The molecule has 0 saturated heterocycles. The highest BCUT2D eigenvalue weighted by Crippen LogP contribution is 2.30. The van der Waals surface area contributed by atoms with Crippen LogP contribution in [0.25, 0.3) is 0 Å². The molecule has 27 heavy (non-hydrogen) atoms.